The van der Waals surface area contributed by atoms with E-state index >= 15 is 0 Å². The molecule has 2 aliphatic carbocycles. The molecule has 2 aromatic carbocycles. The lowest BCUT2D eigenvalue weighted by molar-refractivity contribution is 1.02. The molecule has 0 saturated heterocycles. The standard InChI is InChI=1S/C27H26N2/c1-2-25(29-27-15-13-21-8-3-4-9-22(18-21)19-27)12-7-17-28-26-16-14-23-10-5-6-11-24(23)20-26/h2-16,18-21,28-29H,17H2,1H3/b12-7-,25-2+. The van der Waals surface area contributed by atoms with Crippen molar-refractivity contribution in [3.8, 4) is 0 Å². The van der Waals surface area contributed by atoms with Crippen LogP contribution in [0.4, 0.5) is 5.69 Å². The second-order valence-electron chi connectivity index (χ2n) is 7.16. The van der Waals surface area contributed by atoms with Gasteiger partial charge in [-0.2, -0.15) is 0 Å². The number of nitrogens with one attached hydrogen (secondary N) is 2. The van der Waals surface area contributed by atoms with Crippen molar-refractivity contribution in [2.75, 3.05) is 11.9 Å². The Bertz CT molecular complexity index is 1090. The average molecular weight is 379 g/mol. The molecule has 2 aliphatic rings. The zero-order valence-corrected chi connectivity index (χ0v) is 16.7. The fourth-order valence-electron chi connectivity index (χ4n) is 3.47. The molecule has 29 heavy (non-hydrogen) atoms. The molecule has 0 saturated carbocycles. The molecule has 1 unspecified atom stereocenters. The lowest BCUT2D eigenvalue weighted by atomic mass is 10.1. The Morgan fingerprint density at radius 1 is 1.00 bits per heavy atom. The molecule has 4 rings (SSSR count). The number of fused-ring (bicyclic) bond motifs is 2. The summed E-state index contributed by atoms with van der Waals surface area (Å²) >= 11 is 0. The van der Waals surface area contributed by atoms with E-state index in [4.69, 9.17) is 0 Å². The number of rotatable bonds is 6. The van der Waals surface area contributed by atoms with Gasteiger partial charge in [0.25, 0.3) is 0 Å². The quantitative estimate of drug-likeness (QED) is 0.567. The van der Waals surface area contributed by atoms with Gasteiger partial charge in [-0.25, -0.2) is 0 Å². The Morgan fingerprint density at radius 3 is 2.79 bits per heavy atom. The Morgan fingerprint density at radius 2 is 1.90 bits per heavy atom. The van der Waals surface area contributed by atoms with E-state index in [-0.39, 0.29) is 0 Å². The third-order valence-electron chi connectivity index (χ3n) is 5.01. The first-order valence-electron chi connectivity index (χ1n) is 10.1. The van der Waals surface area contributed by atoms with Crippen molar-refractivity contribution in [3.05, 3.63) is 126 Å². The van der Waals surface area contributed by atoms with E-state index in [2.05, 4.69) is 127 Å². The van der Waals surface area contributed by atoms with Crippen LogP contribution >= 0.6 is 0 Å². The molecule has 2 N–H and O–H groups in total. The van der Waals surface area contributed by atoms with Crippen LogP contribution in [-0.2, 0) is 0 Å². The van der Waals surface area contributed by atoms with Crippen LogP contribution in [0.15, 0.2) is 126 Å². The minimum absolute atomic E-state index is 0.353. The zero-order chi connectivity index (χ0) is 19.9. The first-order valence-corrected chi connectivity index (χ1v) is 10.1. The molecule has 2 nitrogen and oxygen atoms in total. The monoisotopic (exact) mass is 378 g/mol. The van der Waals surface area contributed by atoms with Crippen LogP contribution in [0.2, 0.25) is 0 Å². The summed E-state index contributed by atoms with van der Waals surface area (Å²) in [6.07, 6.45) is 23.7. The largest absolute Gasteiger partial charge is 0.382 e. The fourth-order valence-corrected chi connectivity index (χ4v) is 3.47. The number of hydrogen-bond donors (Lipinski definition) is 2. The summed E-state index contributed by atoms with van der Waals surface area (Å²) in [7, 11) is 0. The van der Waals surface area contributed by atoms with Crippen molar-refractivity contribution in [1.29, 1.82) is 0 Å². The summed E-state index contributed by atoms with van der Waals surface area (Å²) in [6.45, 7) is 2.82. The van der Waals surface area contributed by atoms with E-state index < -0.39 is 0 Å². The molecule has 0 aromatic heterocycles. The summed E-state index contributed by atoms with van der Waals surface area (Å²) in [5, 5.41) is 9.51. The van der Waals surface area contributed by atoms with Gasteiger partial charge in [0.2, 0.25) is 0 Å². The van der Waals surface area contributed by atoms with Gasteiger partial charge in [-0.15, -0.1) is 0 Å². The minimum atomic E-state index is 0.353. The molecular weight excluding hydrogens is 352 g/mol. The van der Waals surface area contributed by atoms with Crippen LogP contribution in [-0.4, -0.2) is 6.54 Å². The van der Waals surface area contributed by atoms with E-state index in [0.717, 1.165) is 23.6 Å². The maximum atomic E-state index is 3.52. The topological polar surface area (TPSA) is 24.1 Å². The van der Waals surface area contributed by atoms with E-state index in [1.807, 2.05) is 0 Å². The Labute approximate surface area is 173 Å². The second-order valence-corrected chi connectivity index (χ2v) is 7.16. The number of allylic oxidation sites excluding steroid dienone is 11. The number of hydrogen-bond acceptors (Lipinski definition) is 2. The van der Waals surface area contributed by atoms with Gasteiger partial charge in [0.05, 0.1) is 0 Å². The van der Waals surface area contributed by atoms with E-state index in [1.165, 1.54) is 16.3 Å². The molecule has 2 bridgehead atoms. The zero-order valence-electron chi connectivity index (χ0n) is 16.7. The molecule has 0 amide bonds. The molecule has 2 aromatic rings. The smallest absolute Gasteiger partial charge is 0.0387 e. The van der Waals surface area contributed by atoms with Crippen molar-refractivity contribution >= 4 is 16.5 Å². The molecule has 2 heteroatoms. The van der Waals surface area contributed by atoms with E-state index in [1.54, 1.807) is 0 Å². The van der Waals surface area contributed by atoms with Crippen molar-refractivity contribution in [3.63, 3.8) is 0 Å². The highest BCUT2D eigenvalue weighted by atomic mass is 14.9. The van der Waals surface area contributed by atoms with Crippen molar-refractivity contribution in [1.82, 2.24) is 5.32 Å². The Balaban J connectivity index is 1.36. The lowest BCUT2D eigenvalue weighted by Gasteiger charge is -2.09. The summed E-state index contributed by atoms with van der Waals surface area (Å²) < 4.78 is 0. The average Bonchev–Trinajstić information content (AvgIpc) is 3.10. The van der Waals surface area contributed by atoms with Crippen LogP contribution in [0, 0.1) is 5.92 Å². The lowest BCUT2D eigenvalue weighted by Crippen LogP contribution is -2.10. The molecule has 1 atom stereocenters. The van der Waals surface area contributed by atoms with Crippen molar-refractivity contribution in [2.24, 2.45) is 5.92 Å². The van der Waals surface area contributed by atoms with Gasteiger partial charge in [-0.05, 0) is 53.6 Å². The van der Waals surface area contributed by atoms with Gasteiger partial charge in [0, 0.05) is 29.5 Å². The predicted octanol–water partition coefficient (Wildman–Crippen LogP) is 6.42. The highest BCUT2D eigenvalue weighted by Crippen LogP contribution is 2.20. The SMILES string of the molecule is C/C=C(\C=C/CNc1ccc2ccccc2c1)NC1=CC2=CC(C=CC=C2)C=C1. The van der Waals surface area contributed by atoms with E-state index in [9.17, 15) is 0 Å². The van der Waals surface area contributed by atoms with Gasteiger partial charge in [-0.3, -0.25) is 0 Å². The van der Waals surface area contributed by atoms with Crippen LogP contribution in [0.1, 0.15) is 6.92 Å². The molecule has 0 radical (unpaired) electrons. The second kappa shape index (κ2) is 9.11. The summed E-state index contributed by atoms with van der Waals surface area (Å²) in [5.74, 6) is 0.353. The molecule has 144 valence electrons. The third kappa shape index (κ3) is 5.05. The normalized spacial score (nSPS) is 18.4. The molecule has 0 heterocycles. The Hall–Kier alpha value is -3.52. The third-order valence-corrected chi connectivity index (χ3v) is 5.01. The van der Waals surface area contributed by atoms with Crippen molar-refractivity contribution in [2.45, 2.75) is 6.92 Å². The highest BCUT2D eigenvalue weighted by Gasteiger charge is 2.06. The van der Waals surface area contributed by atoms with Gasteiger partial charge in [0.1, 0.15) is 0 Å². The van der Waals surface area contributed by atoms with Gasteiger partial charge >= 0.3 is 0 Å². The van der Waals surface area contributed by atoms with Gasteiger partial charge in [0.15, 0.2) is 0 Å². The summed E-state index contributed by atoms with van der Waals surface area (Å²) in [4.78, 5) is 0. The van der Waals surface area contributed by atoms with Crippen LogP contribution in [0.25, 0.3) is 10.8 Å². The summed E-state index contributed by atoms with van der Waals surface area (Å²) in [5.41, 5.74) is 4.53. The first-order chi connectivity index (χ1) is 14.3. The summed E-state index contributed by atoms with van der Waals surface area (Å²) in [6, 6.07) is 14.9. The van der Waals surface area contributed by atoms with Gasteiger partial charge < -0.3 is 10.6 Å². The van der Waals surface area contributed by atoms with Crippen LogP contribution in [0.5, 0.6) is 0 Å². The minimum Gasteiger partial charge on any atom is -0.382 e. The fraction of sp³-hybridized carbons (Fsp3) is 0.111. The number of anilines is 1. The molecule has 0 spiro atoms. The molecule has 0 aliphatic heterocycles. The first kappa shape index (κ1) is 18.8. The highest BCUT2D eigenvalue weighted by molar-refractivity contribution is 5.85. The predicted molar refractivity (Wildman–Crippen MR) is 126 cm³/mol. The Kier molecular flexibility index (Phi) is 5.92. The molecule has 0 fully saturated rings. The maximum Gasteiger partial charge on any atom is 0.0387 e. The van der Waals surface area contributed by atoms with Crippen molar-refractivity contribution < 1.29 is 0 Å². The van der Waals surface area contributed by atoms with Gasteiger partial charge in [-0.1, -0.05) is 78.9 Å². The molecular formula is C27H26N2. The van der Waals surface area contributed by atoms with Crippen LogP contribution in [0.3, 0.4) is 0 Å². The van der Waals surface area contributed by atoms with Crippen LogP contribution < -0.4 is 10.6 Å². The number of benzene rings is 2. The maximum absolute atomic E-state index is 3.52. The van der Waals surface area contributed by atoms with E-state index in [0.29, 0.717) is 5.92 Å².